The van der Waals surface area contributed by atoms with E-state index in [1.807, 2.05) is 25.1 Å². The molecule has 1 saturated heterocycles. The quantitative estimate of drug-likeness (QED) is 0.290. The summed E-state index contributed by atoms with van der Waals surface area (Å²) in [5.74, 6) is -0.496. The van der Waals surface area contributed by atoms with Crippen molar-refractivity contribution < 1.29 is 27.4 Å². The minimum atomic E-state index is -4.68. The summed E-state index contributed by atoms with van der Waals surface area (Å²) >= 11 is 2.31. The van der Waals surface area contributed by atoms with Crippen molar-refractivity contribution in [2.24, 2.45) is 0 Å². The van der Waals surface area contributed by atoms with Crippen LogP contribution in [0, 0.1) is 6.92 Å². The number of carbonyl (C=O) groups excluding carboxylic acids is 1. The van der Waals surface area contributed by atoms with Gasteiger partial charge in [0.1, 0.15) is 5.82 Å². The molecule has 1 fully saturated rings. The zero-order chi connectivity index (χ0) is 25.9. The summed E-state index contributed by atoms with van der Waals surface area (Å²) in [5.41, 5.74) is 1.32. The number of ether oxygens (including phenoxy) is 2. The molecule has 8 nitrogen and oxygen atoms in total. The van der Waals surface area contributed by atoms with Crippen LogP contribution in [0.15, 0.2) is 34.8 Å². The highest BCUT2D eigenvalue weighted by atomic mass is 32.2. The summed E-state index contributed by atoms with van der Waals surface area (Å²) in [6.45, 7) is 4.67. The minimum absolute atomic E-state index is 0.00987. The Bertz CT molecular complexity index is 1250. The van der Waals surface area contributed by atoms with E-state index in [1.165, 1.54) is 24.9 Å². The number of aryl methyl sites for hydroxylation is 1. The van der Waals surface area contributed by atoms with Crippen molar-refractivity contribution in [1.82, 2.24) is 9.97 Å². The first kappa shape index (κ1) is 26.0. The van der Waals surface area contributed by atoms with Crippen LogP contribution in [0.25, 0.3) is 0 Å². The molecule has 0 bridgehead atoms. The highest BCUT2D eigenvalue weighted by Crippen LogP contribution is 2.39. The fraction of sp³-hybridized carbons (Fsp3) is 0.348. The van der Waals surface area contributed by atoms with Crippen LogP contribution in [-0.4, -0.2) is 55.6 Å². The molecular formula is C23H24F3N5O3S2. The Labute approximate surface area is 214 Å². The number of pyridine rings is 1. The van der Waals surface area contributed by atoms with Crippen LogP contribution in [0.2, 0.25) is 0 Å². The largest absolute Gasteiger partial charge is 0.465 e. The predicted octanol–water partition coefficient (Wildman–Crippen LogP) is 5.70. The zero-order valence-corrected chi connectivity index (χ0v) is 21.4. The predicted molar refractivity (Wildman–Crippen MR) is 135 cm³/mol. The number of alkyl halides is 3. The van der Waals surface area contributed by atoms with E-state index in [9.17, 15) is 18.0 Å². The number of halogens is 3. The van der Waals surface area contributed by atoms with Crippen LogP contribution in [0.3, 0.4) is 0 Å². The van der Waals surface area contributed by atoms with Gasteiger partial charge in [-0.25, -0.2) is 14.8 Å². The van der Waals surface area contributed by atoms with Crippen molar-refractivity contribution in [3.63, 3.8) is 0 Å². The number of nitrogens with zero attached hydrogens (tertiary/aromatic N) is 3. The van der Waals surface area contributed by atoms with E-state index in [0.717, 1.165) is 41.9 Å². The van der Waals surface area contributed by atoms with Crippen LogP contribution in [0.1, 0.15) is 20.8 Å². The average Bonchev–Trinajstić information content (AvgIpc) is 3.27. The molecule has 4 rings (SSSR count). The number of anilines is 5. The third-order valence-electron chi connectivity index (χ3n) is 5.48. The number of rotatable bonds is 7. The molecule has 0 spiro atoms. The molecule has 3 aromatic rings. The average molecular weight is 540 g/mol. The maximum Gasteiger partial charge on any atom is 0.419 e. The second-order valence-electron chi connectivity index (χ2n) is 7.81. The van der Waals surface area contributed by atoms with E-state index in [2.05, 4.69) is 25.5 Å². The molecule has 0 aliphatic carbocycles. The molecule has 36 heavy (non-hydrogen) atoms. The van der Waals surface area contributed by atoms with Crippen LogP contribution in [-0.2, 0) is 15.7 Å². The number of carbonyl (C=O) groups is 1. The third kappa shape index (κ3) is 5.85. The number of hydrogen-bond donors (Lipinski definition) is 2. The molecule has 2 aromatic heterocycles. The molecular weight excluding hydrogens is 515 g/mol. The van der Waals surface area contributed by atoms with Crippen molar-refractivity contribution in [3.05, 3.63) is 46.5 Å². The highest BCUT2D eigenvalue weighted by Gasteiger charge is 2.35. The van der Waals surface area contributed by atoms with Gasteiger partial charge in [-0.2, -0.15) is 13.2 Å². The summed E-state index contributed by atoms with van der Waals surface area (Å²) < 4.78 is 52.1. The van der Waals surface area contributed by atoms with E-state index in [4.69, 9.17) is 9.47 Å². The molecule has 0 saturated carbocycles. The fourth-order valence-electron chi connectivity index (χ4n) is 3.59. The molecule has 3 heterocycles. The molecule has 1 aliphatic heterocycles. The van der Waals surface area contributed by atoms with Crippen LogP contribution in [0.5, 0.6) is 0 Å². The second-order valence-corrected chi connectivity index (χ2v) is 9.87. The first-order valence-corrected chi connectivity index (χ1v) is 12.9. The molecule has 0 unspecified atom stereocenters. The molecule has 1 aromatic carbocycles. The van der Waals surface area contributed by atoms with Gasteiger partial charge in [0.05, 0.1) is 31.6 Å². The van der Waals surface area contributed by atoms with Crippen LogP contribution < -0.4 is 15.5 Å². The zero-order valence-electron chi connectivity index (χ0n) is 19.7. The molecule has 2 N–H and O–H groups in total. The number of thioether (sulfide) groups is 1. The monoisotopic (exact) mass is 539 g/mol. The number of nitrogens with one attached hydrogen (secondary N) is 2. The Morgan fingerprint density at radius 1 is 1.19 bits per heavy atom. The van der Waals surface area contributed by atoms with Gasteiger partial charge in [0, 0.05) is 36.7 Å². The third-order valence-corrected chi connectivity index (χ3v) is 7.50. The number of hydrogen-bond acceptors (Lipinski definition) is 10. The van der Waals surface area contributed by atoms with E-state index < -0.39 is 17.7 Å². The summed E-state index contributed by atoms with van der Waals surface area (Å²) in [6.07, 6.45) is -2.16. The standard InChI is InChI=1S/C23H24F3N5O3S2/c1-13-4-5-14(31-6-8-34-9-7-31)10-16(13)28-18-11-17(15(12-27-18)23(24,25)26)29-20-19(21(32)33-2)36-22(30-20)35-3/h4-5,10-12H,6-9H2,1-3H3,(H2,27,28,29). The molecule has 13 heteroatoms. The number of aromatic nitrogens is 2. The normalized spacial score (nSPS) is 14.0. The molecule has 0 radical (unpaired) electrons. The number of thiazole rings is 1. The Balaban J connectivity index is 1.68. The maximum absolute atomic E-state index is 13.8. The van der Waals surface area contributed by atoms with Crippen molar-refractivity contribution in [2.75, 3.05) is 55.2 Å². The smallest absolute Gasteiger partial charge is 0.419 e. The lowest BCUT2D eigenvalue weighted by molar-refractivity contribution is -0.137. The summed E-state index contributed by atoms with van der Waals surface area (Å²) in [6, 6.07) is 7.13. The van der Waals surface area contributed by atoms with E-state index in [1.54, 1.807) is 6.26 Å². The molecule has 1 aliphatic rings. The highest BCUT2D eigenvalue weighted by molar-refractivity contribution is 8.00. The molecule has 0 amide bonds. The summed E-state index contributed by atoms with van der Waals surface area (Å²) in [7, 11) is 1.20. The number of esters is 1. The molecule has 192 valence electrons. The second kappa shape index (κ2) is 10.9. The SMILES string of the molecule is COC(=O)c1sc(SC)nc1Nc1cc(Nc2cc(N3CCOCC3)ccc2C)ncc1C(F)(F)F. The van der Waals surface area contributed by atoms with Crippen molar-refractivity contribution in [1.29, 1.82) is 0 Å². The maximum atomic E-state index is 13.8. The van der Waals surface area contributed by atoms with Gasteiger partial charge in [0.25, 0.3) is 0 Å². The Morgan fingerprint density at radius 2 is 1.94 bits per heavy atom. The van der Waals surface area contributed by atoms with Gasteiger partial charge in [-0.3, -0.25) is 0 Å². The Morgan fingerprint density at radius 3 is 2.61 bits per heavy atom. The fourth-order valence-corrected chi connectivity index (χ4v) is 5.02. The lowest BCUT2D eigenvalue weighted by Gasteiger charge is -2.29. The number of methoxy groups -OCH3 is 1. The van der Waals surface area contributed by atoms with Gasteiger partial charge >= 0.3 is 12.1 Å². The first-order chi connectivity index (χ1) is 17.2. The Hall–Kier alpha value is -3.03. The van der Waals surface area contributed by atoms with Crippen molar-refractivity contribution in [3.8, 4) is 0 Å². The van der Waals surface area contributed by atoms with Gasteiger partial charge in [-0.15, -0.1) is 0 Å². The first-order valence-electron chi connectivity index (χ1n) is 10.9. The minimum Gasteiger partial charge on any atom is -0.465 e. The molecule has 0 atom stereocenters. The lowest BCUT2D eigenvalue weighted by Crippen LogP contribution is -2.36. The van der Waals surface area contributed by atoms with Crippen molar-refractivity contribution in [2.45, 2.75) is 17.4 Å². The summed E-state index contributed by atoms with van der Waals surface area (Å²) in [5, 5.41) is 5.82. The topological polar surface area (TPSA) is 88.6 Å². The summed E-state index contributed by atoms with van der Waals surface area (Å²) in [4.78, 5) is 22.7. The van der Waals surface area contributed by atoms with E-state index >= 15 is 0 Å². The number of benzene rings is 1. The number of morpholine rings is 1. The van der Waals surface area contributed by atoms with Gasteiger partial charge in [-0.1, -0.05) is 29.2 Å². The van der Waals surface area contributed by atoms with E-state index in [0.29, 0.717) is 23.2 Å². The lowest BCUT2D eigenvalue weighted by atomic mass is 10.1. The van der Waals surface area contributed by atoms with Gasteiger partial charge < -0.3 is 25.0 Å². The van der Waals surface area contributed by atoms with Gasteiger partial charge in [0.15, 0.2) is 15.0 Å². The van der Waals surface area contributed by atoms with Crippen LogP contribution >= 0.6 is 23.1 Å². The van der Waals surface area contributed by atoms with Crippen LogP contribution in [0.4, 0.5) is 41.9 Å². The van der Waals surface area contributed by atoms with Crippen molar-refractivity contribution >= 4 is 57.8 Å². The van der Waals surface area contributed by atoms with Gasteiger partial charge in [-0.05, 0) is 30.9 Å². The van der Waals surface area contributed by atoms with E-state index in [-0.39, 0.29) is 22.2 Å². The Kier molecular flexibility index (Phi) is 7.91. The van der Waals surface area contributed by atoms with Gasteiger partial charge in [0.2, 0.25) is 0 Å².